The second-order valence-electron chi connectivity index (χ2n) is 7.16. The molecule has 0 aromatic heterocycles. The molecule has 1 heterocycles. The summed E-state index contributed by atoms with van der Waals surface area (Å²) in [5.41, 5.74) is 5.65. The Hall–Kier alpha value is -3.07. The summed E-state index contributed by atoms with van der Waals surface area (Å²) in [6, 6.07) is 11.2. The molecule has 9 heteroatoms. The zero-order chi connectivity index (χ0) is 21.7. The zero-order valence-electron chi connectivity index (χ0n) is 16.1. The van der Waals surface area contributed by atoms with Crippen LogP contribution in [0.1, 0.15) is 27.9 Å². The first-order valence-electron chi connectivity index (χ1n) is 9.41. The number of primary amides is 1. The molecule has 1 saturated heterocycles. The zero-order valence-corrected chi connectivity index (χ0v) is 16.1. The number of likely N-dealkylation sites (tertiary alicyclic amines) is 1. The number of nitrogens with zero attached hydrogens (tertiary/aromatic N) is 1. The summed E-state index contributed by atoms with van der Waals surface area (Å²) >= 11 is 0. The first kappa shape index (κ1) is 21.6. The van der Waals surface area contributed by atoms with E-state index in [-0.39, 0.29) is 18.6 Å². The Morgan fingerprint density at radius 3 is 2.37 bits per heavy atom. The Labute approximate surface area is 171 Å². The molecule has 0 spiro atoms. The molecule has 1 unspecified atom stereocenters. The van der Waals surface area contributed by atoms with E-state index in [9.17, 15) is 22.8 Å². The van der Waals surface area contributed by atoms with Gasteiger partial charge < -0.3 is 15.8 Å². The van der Waals surface area contributed by atoms with E-state index in [1.165, 1.54) is 24.3 Å². The number of nitrogens with two attached hydrogens (primary N) is 1. The normalized spacial score (nSPS) is 17.0. The summed E-state index contributed by atoms with van der Waals surface area (Å²) in [6.45, 7) is 1.71. The third-order valence-corrected chi connectivity index (χ3v) is 4.83. The fourth-order valence-corrected chi connectivity index (χ4v) is 3.29. The van der Waals surface area contributed by atoms with Crippen LogP contribution in [-0.4, -0.2) is 42.5 Å². The Morgan fingerprint density at radius 2 is 1.77 bits per heavy atom. The van der Waals surface area contributed by atoms with Gasteiger partial charge in [0.15, 0.2) is 6.61 Å². The first-order valence-corrected chi connectivity index (χ1v) is 9.41. The molecule has 2 aromatic rings. The predicted octanol–water partition coefficient (Wildman–Crippen LogP) is 2.57. The Bertz CT molecular complexity index is 883. The second kappa shape index (κ2) is 9.17. The number of ether oxygens (including phenoxy) is 1. The molecule has 1 fully saturated rings. The third-order valence-electron chi connectivity index (χ3n) is 4.83. The lowest BCUT2D eigenvalue weighted by Gasteiger charge is -2.17. The minimum absolute atomic E-state index is 0.0483. The van der Waals surface area contributed by atoms with Gasteiger partial charge in [-0.05, 0) is 48.4 Å². The van der Waals surface area contributed by atoms with Gasteiger partial charge in [0.05, 0.1) is 5.56 Å². The Kier molecular flexibility index (Phi) is 6.61. The highest BCUT2D eigenvalue weighted by molar-refractivity contribution is 5.92. The number of hydrogen-bond donors (Lipinski definition) is 2. The highest BCUT2D eigenvalue weighted by atomic mass is 19.4. The van der Waals surface area contributed by atoms with Crippen LogP contribution in [-0.2, 0) is 17.5 Å². The lowest BCUT2D eigenvalue weighted by Crippen LogP contribution is -2.39. The molecule has 160 valence electrons. The van der Waals surface area contributed by atoms with E-state index < -0.39 is 17.6 Å². The molecular formula is C21H22F3N3O3. The topological polar surface area (TPSA) is 84.7 Å². The average Bonchev–Trinajstić information content (AvgIpc) is 3.13. The summed E-state index contributed by atoms with van der Waals surface area (Å²) in [6.07, 6.45) is -3.59. The smallest absolute Gasteiger partial charge is 0.416 e. The van der Waals surface area contributed by atoms with Crippen molar-refractivity contribution in [2.24, 2.45) is 5.73 Å². The van der Waals surface area contributed by atoms with Crippen LogP contribution in [0.2, 0.25) is 0 Å². The summed E-state index contributed by atoms with van der Waals surface area (Å²) in [7, 11) is 0. The van der Waals surface area contributed by atoms with Gasteiger partial charge in [-0.15, -0.1) is 0 Å². The first-order chi connectivity index (χ1) is 14.2. The minimum atomic E-state index is -4.34. The van der Waals surface area contributed by atoms with E-state index in [1.54, 1.807) is 12.1 Å². The molecule has 3 N–H and O–H groups in total. The van der Waals surface area contributed by atoms with Crippen LogP contribution in [0.3, 0.4) is 0 Å². The molecule has 1 aliphatic heterocycles. The van der Waals surface area contributed by atoms with Crippen molar-refractivity contribution in [2.75, 3.05) is 19.7 Å². The minimum Gasteiger partial charge on any atom is -0.484 e. The largest absolute Gasteiger partial charge is 0.484 e. The summed E-state index contributed by atoms with van der Waals surface area (Å²) in [5.74, 6) is -0.359. The van der Waals surface area contributed by atoms with E-state index in [4.69, 9.17) is 10.5 Å². The highest BCUT2D eigenvalue weighted by Crippen LogP contribution is 2.29. The van der Waals surface area contributed by atoms with Crippen molar-refractivity contribution in [3.63, 3.8) is 0 Å². The second-order valence-corrected chi connectivity index (χ2v) is 7.16. The standard InChI is InChI=1S/C21H22F3N3O3/c22-21(23,24)16-5-1-14(2-6-16)11-27-10-9-17(12-27)26-19(28)13-30-18-7-3-15(4-8-18)20(25)29/h1-8,17H,9-13H2,(H2,25,29)(H,26,28). The van der Waals surface area contributed by atoms with Gasteiger partial charge >= 0.3 is 6.18 Å². The van der Waals surface area contributed by atoms with Crippen molar-refractivity contribution < 1.29 is 27.5 Å². The van der Waals surface area contributed by atoms with E-state index in [2.05, 4.69) is 10.2 Å². The SMILES string of the molecule is NC(=O)c1ccc(OCC(=O)NC2CCN(Cc3ccc(C(F)(F)F)cc3)C2)cc1. The summed E-state index contributed by atoms with van der Waals surface area (Å²) in [4.78, 5) is 25.2. The Balaban J connectivity index is 1.42. The van der Waals surface area contributed by atoms with Gasteiger partial charge in [-0.25, -0.2) is 0 Å². The number of alkyl halides is 3. The molecule has 0 aliphatic carbocycles. The van der Waals surface area contributed by atoms with Crippen molar-refractivity contribution in [3.05, 3.63) is 65.2 Å². The monoisotopic (exact) mass is 421 g/mol. The third kappa shape index (κ3) is 5.96. The number of hydrogen-bond acceptors (Lipinski definition) is 4. The van der Waals surface area contributed by atoms with E-state index in [0.717, 1.165) is 30.7 Å². The molecule has 1 aliphatic rings. The van der Waals surface area contributed by atoms with Crippen LogP contribution in [0.15, 0.2) is 48.5 Å². The lowest BCUT2D eigenvalue weighted by atomic mass is 10.1. The van der Waals surface area contributed by atoms with E-state index >= 15 is 0 Å². The number of carbonyl (C=O) groups is 2. The van der Waals surface area contributed by atoms with Gasteiger partial charge in [-0.3, -0.25) is 14.5 Å². The van der Waals surface area contributed by atoms with Crippen LogP contribution in [0, 0.1) is 0 Å². The quantitative estimate of drug-likeness (QED) is 0.720. The van der Waals surface area contributed by atoms with Gasteiger partial charge in [0.1, 0.15) is 5.75 Å². The number of rotatable bonds is 7. The van der Waals surface area contributed by atoms with Crippen molar-refractivity contribution in [2.45, 2.75) is 25.2 Å². The van der Waals surface area contributed by atoms with Crippen LogP contribution in [0.5, 0.6) is 5.75 Å². The maximum absolute atomic E-state index is 12.6. The fraction of sp³-hybridized carbons (Fsp3) is 0.333. The number of nitrogens with one attached hydrogen (secondary N) is 1. The Morgan fingerprint density at radius 1 is 1.10 bits per heavy atom. The molecule has 2 aromatic carbocycles. The molecule has 6 nitrogen and oxygen atoms in total. The van der Waals surface area contributed by atoms with Gasteiger partial charge in [0, 0.05) is 31.2 Å². The molecular weight excluding hydrogens is 399 g/mol. The van der Waals surface area contributed by atoms with Crippen molar-refractivity contribution in [3.8, 4) is 5.75 Å². The summed E-state index contributed by atoms with van der Waals surface area (Å²) in [5, 5.41) is 2.90. The molecule has 1 atom stereocenters. The van der Waals surface area contributed by atoms with E-state index in [0.29, 0.717) is 24.4 Å². The lowest BCUT2D eigenvalue weighted by molar-refractivity contribution is -0.137. The van der Waals surface area contributed by atoms with Gasteiger partial charge in [0.25, 0.3) is 5.91 Å². The van der Waals surface area contributed by atoms with E-state index in [1.807, 2.05) is 0 Å². The maximum Gasteiger partial charge on any atom is 0.416 e. The molecule has 30 heavy (non-hydrogen) atoms. The van der Waals surface area contributed by atoms with Crippen LogP contribution in [0.25, 0.3) is 0 Å². The van der Waals surface area contributed by atoms with Gasteiger partial charge in [-0.1, -0.05) is 12.1 Å². The average molecular weight is 421 g/mol. The van der Waals surface area contributed by atoms with Crippen LogP contribution < -0.4 is 15.8 Å². The predicted molar refractivity (Wildman–Crippen MR) is 104 cm³/mol. The van der Waals surface area contributed by atoms with Gasteiger partial charge in [-0.2, -0.15) is 13.2 Å². The molecule has 3 rings (SSSR count). The van der Waals surface area contributed by atoms with Crippen LogP contribution in [0.4, 0.5) is 13.2 Å². The maximum atomic E-state index is 12.6. The molecule has 0 saturated carbocycles. The molecule has 2 amide bonds. The number of halogens is 3. The number of amides is 2. The molecule has 0 bridgehead atoms. The van der Waals surface area contributed by atoms with Crippen molar-refractivity contribution in [1.82, 2.24) is 10.2 Å². The molecule has 0 radical (unpaired) electrons. The van der Waals surface area contributed by atoms with Gasteiger partial charge in [0.2, 0.25) is 5.91 Å². The van der Waals surface area contributed by atoms with Crippen LogP contribution >= 0.6 is 0 Å². The highest BCUT2D eigenvalue weighted by Gasteiger charge is 2.30. The number of benzene rings is 2. The van der Waals surface area contributed by atoms with Crippen molar-refractivity contribution in [1.29, 1.82) is 0 Å². The van der Waals surface area contributed by atoms with Crippen molar-refractivity contribution >= 4 is 11.8 Å². The summed E-state index contributed by atoms with van der Waals surface area (Å²) < 4.78 is 43.3. The number of carbonyl (C=O) groups excluding carboxylic acids is 2. The fourth-order valence-electron chi connectivity index (χ4n) is 3.29.